The fraction of sp³-hybridized carbons (Fsp3) is 0.650. The molecule has 0 saturated carbocycles. The van der Waals surface area contributed by atoms with Gasteiger partial charge in [0, 0.05) is 6.54 Å². The molecule has 1 aromatic rings. The first-order valence-electron chi connectivity index (χ1n) is 9.46. The molecule has 1 N–H and O–H groups in total. The van der Waals surface area contributed by atoms with Crippen molar-refractivity contribution in [1.82, 2.24) is 10.2 Å². The largest absolute Gasteiger partial charge is 0.493 e. The second-order valence-corrected chi connectivity index (χ2v) is 6.67. The van der Waals surface area contributed by atoms with Gasteiger partial charge in [0.1, 0.15) is 0 Å². The van der Waals surface area contributed by atoms with E-state index in [1.54, 1.807) is 21.3 Å². The normalized spacial score (nSPS) is 15.2. The molecule has 2 rings (SSSR count). The molecular weight excluding hydrogens is 332 g/mol. The highest BCUT2D eigenvalue weighted by atomic mass is 16.5. The summed E-state index contributed by atoms with van der Waals surface area (Å²) in [6.45, 7) is 4.16. The Morgan fingerprint density at radius 1 is 1.00 bits per heavy atom. The summed E-state index contributed by atoms with van der Waals surface area (Å²) >= 11 is 0. The smallest absolute Gasteiger partial charge is 0.224 e. The van der Waals surface area contributed by atoms with E-state index in [1.807, 2.05) is 12.1 Å². The number of carbonyl (C=O) groups is 1. The van der Waals surface area contributed by atoms with E-state index < -0.39 is 0 Å². The van der Waals surface area contributed by atoms with Crippen LogP contribution in [0.15, 0.2) is 12.1 Å². The zero-order valence-corrected chi connectivity index (χ0v) is 16.3. The Morgan fingerprint density at radius 2 is 1.62 bits per heavy atom. The van der Waals surface area contributed by atoms with Gasteiger partial charge in [-0.25, -0.2) is 0 Å². The van der Waals surface area contributed by atoms with E-state index in [1.165, 1.54) is 38.8 Å². The van der Waals surface area contributed by atoms with E-state index in [9.17, 15) is 4.79 Å². The molecule has 0 spiro atoms. The second-order valence-electron chi connectivity index (χ2n) is 6.67. The first kappa shape index (κ1) is 20.4. The minimum absolute atomic E-state index is 0.00939. The lowest BCUT2D eigenvalue weighted by molar-refractivity contribution is -0.120. The van der Waals surface area contributed by atoms with Crippen LogP contribution >= 0.6 is 0 Å². The predicted octanol–water partition coefficient (Wildman–Crippen LogP) is 2.64. The summed E-state index contributed by atoms with van der Waals surface area (Å²) in [6.07, 6.45) is 6.58. The molecule has 0 aliphatic carbocycles. The molecule has 1 aromatic carbocycles. The highest BCUT2D eigenvalue weighted by molar-refractivity contribution is 5.79. The van der Waals surface area contributed by atoms with E-state index in [4.69, 9.17) is 14.2 Å². The maximum atomic E-state index is 12.2. The third kappa shape index (κ3) is 6.09. The van der Waals surface area contributed by atoms with Crippen LogP contribution in [0, 0.1) is 0 Å². The van der Waals surface area contributed by atoms with Crippen molar-refractivity contribution in [3.8, 4) is 17.2 Å². The van der Waals surface area contributed by atoms with Gasteiger partial charge in [-0.1, -0.05) is 12.8 Å². The summed E-state index contributed by atoms with van der Waals surface area (Å²) in [6, 6.07) is 3.64. The van der Waals surface area contributed by atoms with E-state index in [-0.39, 0.29) is 5.91 Å². The number of nitrogens with one attached hydrogen (secondary N) is 1. The monoisotopic (exact) mass is 364 g/mol. The van der Waals surface area contributed by atoms with Gasteiger partial charge in [-0.3, -0.25) is 4.79 Å². The van der Waals surface area contributed by atoms with Gasteiger partial charge in [0.05, 0.1) is 27.8 Å². The van der Waals surface area contributed by atoms with Gasteiger partial charge in [-0.15, -0.1) is 0 Å². The molecule has 146 valence electrons. The summed E-state index contributed by atoms with van der Waals surface area (Å²) in [5.74, 6) is 1.68. The number of carbonyl (C=O) groups excluding carboxylic acids is 1. The second kappa shape index (κ2) is 10.9. The molecule has 0 radical (unpaired) electrons. The first-order valence-corrected chi connectivity index (χ1v) is 9.46. The molecule has 1 aliphatic heterocycles. The molecule has 26 heavy (non-hydrogen) atoms. The highest BCUT2D eigenvalue weighted by Gasteiger charge is 2.15. The zero-order chi connectivity index (χ0) is 18.8. The Morgan fingerprint density at radius 3 is 2.15 bits per heavy atom. The van der Waals surface area contributed by atoms with Crippen LogP contribution in [0.4, 0.5) is 0 Å². The Hall–Kier alpha value is -1.95. The minimum atomic E-state index is 0.00939. The third-order valence-corrected chi connectivity index (χ3v) is 4.76. The average Bonchev–Trinajstić information content (AvgIpc) is 2.93. The number of ether oxygens (including phenoxy) is 3. The van der Waals surface area contributed by atoms with Gasteiger partial charge in [-0.05, 0) is 56.6 Å². The SMILES string of the molecule is COc1cc(CC(=O)NCCCN2CCCCCC2)cc(OC)c1OC. The molecule has 0 aromatic heterocycles. The molecule has 1 amide bonds. The Labute approximate surface area is 156 Å². The number of hydrogen-bond donors (Lipinski definition) is 1. The maximum Gasteiger partial charge on any atom is 0.224 e. The van der Waals surface area contributed by atoms with Gasteiger partial charge in [0.15, 0.2) is 11.5 Å². The van der Waals surface area contributed by atoms with Gasteiger partial charge in [0.25, 0.3) is 0 Å². The Balaban J connectivity index is 1.80. The third-order valence-electron chi connectivity index (χ3n) is 4.76. The lowest BCUT2D eigenvalue weighted by Gasteiger charge is -2.19. The average molecular weight is 364 g/mol. The standard InChI is InChI=1S/C20H32N2O4/c1-24-17-13-16(14-18(25-2)20(17)26-3)15-19(23)21-9-8-12-22-10-6-4-5-7-11-22/h13-14H,4-12,15H2,1-3H3,(H,21,23). The van der Waals surface area contributed by atoms with Crippen LogP contribution in [0.1, 0.15) is 37.7 Å². The molecular formula is C20H32N2O4. The molecule has 6 heteroatoms. The van der Waals surface area contributed by atoms with Crippen molar-refractivity contribution in [3.05, 3.63) is 17.7 Å². The highest BCUT2D eigenvalue weighted by Crippen LogP contribution is 2.38. The van der Waals surface area contributed by atoms with E-state index in [0.717, 1.165) is 18.5 Å². The lowest BCUT2D eigenvalue weighted by atomic mass is 10.1. The molecule has 1 heterocycles. The molecule has 6 nitrogen and oxygen atoms in total. The zero-order valence-electron chi connectivity index (χ0n) is 16.3. The van der Waals surface area contributed by atoms with E-state index >= 15 is 0 Å². The molecule has 0 unspecified atom stereocenters. The molecule has 1 aliphatic rings. The van der Waals surface area contributed by atoms with Gasteiger partial charge < -0.3 is 24.4 Å². The van der Waals surface area contributed by atoms with Gasteiger partial charge in [0.2, 0.25) is 11.7 Å². The van der Waals surface area contributed by atoms with Crippen molar-refractivity contribution in [2.45, 2.75) is 38.5 Å². The number of benzene rings is 1. The van der Waals surface area contributed by atoms with E-state index in [0.29, 0.717) is 30.2 Å². The van der Waals surface area contributed by atoms with E-state index in [2.05, 4.69) is 10.2 Å². The van der Waals surface area contributed by atoms with Crippen molar-refractivity contribution in [2.75, 3.05) is 47.5 Å². The van der Waals surface area contributed by atoms with Crippen LogP contribution in [0.5, 0.6) is 17.2 Å². The summed E-state index contributed by atoms with van der Waals surface area (Å²) in [7, 11) is 4.71. The molecule has 0 atom stereocenters. The summed E-state index contributed by atoms with van der Waals surface area (Å²) < 4.78 is 16.0. The van der Waals surface area contributed by atoms with Crippen LogP contribution in [0.3, 0.4) is 0 Å². The van der Waals surface area contributed by atoms with Crippen molar-refractivity contribution in [2.24, 2.45) is 0 Å². The summed E-state index contributed by atoms with van der Waals surface area (Å²) in [5, 5.41) is 3.01. The lowest BCUT2D eigenvalue weighted by Crippen LogP contribution is -2.31. The number of likely N-dealkylation sites (tertiary alicyclic amines) is 1. The summed E-state index contributed by atoms with van der Waals surface area (Å²) in [4.78, 5) is 14.7. The van der Waals surface area contributed by atoms with Gasteiger partial charge >= 0.3 is 0 Å². The first-order chi connectivity index (χ1) is 12.7. The van der Waals surface area contributed by atoms with Crippen LogP contribution in [-0.2, 0) is 11.2 Å². The minimum Gasteiger partial charge on any atom is -0.493 e. The van der Waals surface area contributed by atoms with Crippen LogP contribution < -0.4 is 19.5 Å². The number of nitrogens with zero attached hydrogens (tertiary/aromatic N) is 1. The molecule has 1 saturated heterocycles. The predicted molar refractivity (Wildman–Crippen MR) is 102 cm³/mol. The Kier molecular flexibility index (Phi) is 8.54. The summed E-state index contributed by atoms with van der Waals surface area (Å²) in [5.41, 5.74) is 0.838. The van der Waals surface area contributed by atoms with Gasteiger partial charge in [-0.2, -0.15) is 0 Å². The quantitative estimate of drug-likeness (QED) is 0.683. The van der Waals surface area contributed by atoms with Crippen LogP contribution in [0.25, 0.3) is 0 Å². The number of amides is 1. The fourth-order valence-corrected chi connectivity index (χ4v) is 3.38. The molecule has 1 fully saturated rings. The topological polar surface area (TPSA) is 60.0 Å². The van der Waals surface area contributed by atoms with Crippen molar-refractivity contribution in [1.29, 1.82) is 0 Å². The molecule has 0 bridgehead atoms. The Bertz CT molecular complexity index is 544. The number of hydrogen-bond acceptors (Lipinski definition) is 5. The van der Waals surface area contributed by atoms with Crippen molar-refractivity contribution in [3.63, 3.8) is 0 Å². The number of rotatable bonds is 9. The van der Waals surface area contributed by atoms with Crippen molar-refractivity contribution >= 4 is 5.91 Å². The maximum absolute atomic E-state index is 12.2. The van der Waals surface area contributed by atoms with Crippen LogP contribution in [0.2, 0.25) is 0 Å². The number of methoxy groups -OCH3 is 3. The van der Waals surface area contributed by atoms with Crippen LogP contribution in [-0.4, -0.2) is 58.3 Å². The van der Waals surface area contributed by atoms with Crippen molar-refractivity contribution < 1.29 is 19.0 Å². The fourth-order valence-electron chi connectivity index (χ4n) is 3.38.